The van der Waals surface area contributed by atoms with E-state index >= 15 is 0 Å². The molecule has 1 amide bonds. The van der Waals surface area contributed by atoms with Crippen LogP contribution in [0, 0.1) is 17.8 Å². The van der Waals surface area contributed by atoms with Gasteiger partial charge in [-0.3, -0.25) is 4.79 Å². The Morgan fingerprint density at radius 1 is 1.03 bits per heavy atom. The number of nitrogens with zero attached hydrogens (tertiary/aromatic N) is 2. The minimum atomic E-state index is -0.468. The van der Waals surface area contributed by atoms with Gasteiger partial charge in [0.05, 0.1) is 16.9 Å². The number of carbonyl (C=O) groups excluding carboxylic acids is 1. The summed E-state index contributed by atoms with van der Waals surface area (Å²) in [5, 5.41) is 17.7. The smallest absolute Gasteiger partial charge is 0.254 e. The van der Waals surface area contributed by atoms with E-state index in [0.29, 0.717) is 41.2 Å². The lowest BCUT2D eigenvalue weighted by atomic mass is 9.52. The Balaban J connectivity index is 1.23. The Kier molecular flexibility index (Phi) is 4.55. The maximum atomic E-state index is 13.4. The summed E-state index contributed by atoms with van der Waals surface area (Å²) in [6.07, 6.45) is 15.0. The topological polar surface area (TPSA) is 87.1 Å². The molecule has 0 aromatic carbocycles. The van der Waals surface area contributed by atoms with Gasteiger partial charge in [0.25, 0.3) is 5.91 Å². The van der Waals surface area contributed by atoms with Crippen LogP contribution in [-0.4, -0.2) is 38.7 Å². The first-order chi connectivity index (χ1) is 14.6. The van der Waals surface area contributed by atoms with E-state index in [9.17, 15) is 9.90 Å². The summed E-state index contributed by atoms with van der Waals surface area (Å²) in [6, 6.07) is 0.679. The predicted octanol–water partition coefficient (Wildman–Crippen LogP) is 3.77. The number of anilines is 1. The summed E-state index contributed by atoms with van der Waals surface area (Å²) in [7, 11) is 0. The van der Waals surface area contributed by atoms with Gasteiger partial charge in [0.15, 0.2) is 0 Å². The van der Waals surface area contributed by atoms with Crippen LogP contribution in [-0.2, 0) is 0 Å². The second-order valence-corrected chi connectivity index (χ2v) is 10.9. The lowest BCUT2D eigenvalue weighted by molar-refractivity contribution is -0.136. The molecule has 7 rings (SSSR count). The van der Waals surface area contributed by atoms with Crippen molar-refractivity contribution in [3.63, 3.8) is 0 Å². The molecule has 4 bridgehead atoms. The third kappa shape index (κ3) is 3.31. The third-order valence-electron chi connectivity index (χ3n) is 8.78. The molecular formula is C24H34N4O2. The molecule has 0 spiro atoms. The van der Waals surface area contributed by atoms with Gasteiger partial charge >= 0.3 is 0 Å². The summed E-state index contributed by atoms with van der Waals surface area (Å²) in [6.45, 7) is 0. The highest BCUT2D eigenvalue weighted by atomic mass is 16.3. The molecule has 3 N–H and O–H groups in total. The van der Waals surface area contributed by atoms with Crippen LogP contribution in [0.4, 0.5) is 5.95 Å². The first kappa shape index (κ1) is 19.0. The molecule has 0 aliphatic heterocycles. The van der Waals surface area contributed by atoms with E-state index in [0.717, 1.165) is 50.6 Å². The zero-order valence-corrected chi connectivity index (χ0v) is 17.8. The monoisotopic (exact) mass is 410 g/mol. The Morgan fingerprint density at radius 2 is 1.77 bits per heavy atom. The summed E-state index contributed by atoms with van der Waals surface area (Å²) < 4.78 is 0. The van der Waals surface area contributed by atoms with E-state index in [-0.39, 0.29) is 11.9 Å². The van der Waals surface area contributed by atoms with Crippen molar-refractivity contribution in [2.24, 2.45) is 17.8 Å². The first-order valence-electron chi connectivity index (χ1n) is 12.2. The van der Waals surface area contributed by atoms with E-state index in [1.165, 1.54) is 32.1 Å². The minimum absolute atomic E-state index is 0.00319. The molecule has 1 aromatic heterocycles. The van der Waals surface area contributed by atoms with Gasteiger partial charge in [-0.05, 0) is 82.0 Å². The fourth-order valence-corrected chi connectivity index (χ4v) is 7.33. The number of hydrogen-bond acceptors (Lipinski definition) is 5. The zero-order chi connectivity index (χ0) is 20.3. The average Bonchev–Trinajstić information content (AvgIpc) is 3.21. The Morgan fingerprint density at radius 3 is 2.40 bits per heavy atom. The molecule has 162 valence electrons. The molecular weight excluding hydrogens is 376 g/mol. The molecule has 2 unspecified atom stereocenters. The molecule has 6 fully saturated rings. The maximum absolute atomic E-state index is 13.4. The number of aromatic nitrogens is 2. The number of aliphatic hydroxyl groups is 1. The van der Waals surface area contributed by atoms with Gasteiger partial charge < -0.3 is 15.7 Å². The first-order valence-corrected chi connectivity index (χ1v) is 12.2. The van der Waals surface area contributed by atoms with Gasteiger partial charge in [-0.1, -0.05) is 12.8 Å². The summed E-state index contributed by atoms with van der Waals surface area (Å²) >= 11 is 0. The molecule has 6 aliphatic rings. The van der Waals surface area contributed by atoms with E-state index in [1.807, 2.05) is 0 Å². The summed E-state index contributed by atoms with van der Waals surface area (Å²) in [5.74, 6) is 2.54. The Labute approximate surface area is 178 Å². The van der Waals surface area contributed by atoms with Crippen molar-refractivity contribution in [2.75, 3.05) is 5.32 Å². The number of carbonyl (C=O) groups is 1. The maximum Gasteiger partial charge on any atom is 0.254 e. The molecule has 2 atom stereocenters. The predicted molar refractivity (Wildman–Crippen MR) is 114 cm³/mol. The molecule has 6 heteroatoms. The van der Waals surface area contributed by atoms with Gasteiger partial charge in [0.1, 0.15) is 0 Å². The highest BCUT2D eigenvalue weighted by molar-refractivity contribution is 5.95. The van der Waals surface area contributed by atoms with Crippen LogP contribution in [0.15, 0.2) is 6.20 Å². The van der Waals surface area contributed by atoms with Crippen LogP contribution in [0.2, 0.25) is 0 Å². The van der Waals surface area contributed by atoms with Crippen LogP contribution in [0.1, 0.15) is 99.0 Å². The number of amides is 1. The molecule has 1 heterocycles. The quantitative estimate of drug-likeness (QED) is 0.688. The fraction of sp³-hybridized carbons (Fsp3) is 0.792. The van der Waals surface area contributed by atoms with E-state index in [1.54, 1.807) is 6.20 Å². The van der Waals surface area contributed by atoms with Gasteiger partial charge in [-0.25, -0.2) is 9.97 Å². The standard InChI is InChI=1S/C24H34N4O2/c29-22(27-20-16-8-14-9-17(20)12-24(30,10-14)11-16)19-13-25-23(26-18-6-3-7-18)28-21(19)15-4-1-2-5-15/h13-18,20,30H,1-12H2,(H,27,29)(H,25,26,28)/t14?,16?,17?,20-,24-. The van der Waals surface area contributed by atoms with Gasteiger partial charge in [-0.15, -0.1) is 0 Å². The molecule has 30 heavy (non-hydrogen) atoms. The van der Waals surface area contributed by atoms with E-state index in [4.69, 9.17) is 4.98 Å². The largest absolute Gasteiger partial charge is 0.390 e. The minimum Gasteiger partial charge on any atom is -0.390 e. The highest BCUT2D eigenvalue weighted by Crippen LogP contribution is 2.55. The molecule has 0 saturated heterocycles. The number of hydrogen-bond donors (Lipinski definition) is 3. The lowest BCUT2D eigenvalue weighted by Crippen LogP contribution is -2.61. The zero-order valence-electron chi connectivity index (χ0n) is 17.8. The van der Waals surface area contributed by atoms with Gasteiger partial charge in [0, 0.05) is 24.2 Å². The number of nitrogens with one attached hydrogen (secondary N) is 2. The summed E-state index contributed by atoms with van der Waals surface area (Å²) in [5.41, 5.74) is 1.16. The molecule has 6 nitrogen and oxygen atoms in total. The van der Waals surface area contributed by atoms with Crippen molar-refractivity contribution in [3.05, 3.63) is 17.5 Å². The fourth-order valence-electron chi connectivity index (χ4n) is 7.33. The Hall–Kier alpha value is -1.69. The second kappa shape index (κ2) is 7.18. The van der Waals surface area contributed by atoms with Crippen LogP contribution in [0.25, 0.3) is 0 Å². The van der Waals surface area contributed by atoms with Crippen molar-refractivity contribution >= 4 is 11.9 Å². The van der Waals surface area contributed by atoms with Crippen molar-refractivity contribution in [2.45, 2.75) is 101 Å². The van der Waals surface area contributed by atoms with Crippen LogP contribution in [0.5, 0.6) is 0 Å². The van der Waals surface area contributed by atoms with Gasteiger partial charge in [0.2, 0.25) is 5.95 Å². The molecule has 6 aliphatic carbocycles. The highest BCUT2D eigenvalue weighted by Gasteiger charge is 2.55. The van der Waals surface area contributed by atoms with Crippen molar-refractivity contribution < 1.29 is 9.90 Å². The van der Waals surface area contributed by atoms with Crippen LogP contribution in [0.3, 0.4) is 0 Å². The number of rotatable bonds is 5. The molecule has 1 aromatic rings. The van der Waals surface area contributed by atoms with Crippen LogP contribution >= 0.6 is 0 Å². The average molecular weight is 411 g/mol. The van der Waals surface area contributed by atoms with Crippen molar-refractivity contribution in [3.8, 4) is 0 Å². The SMILES string of the molecule is O=C(N[C@H]1C2CC3CC1C[C@](O)(C3)C2)c1cnc(NC2CCC2)nc1C1CCCC1. The van der Waals surface area contributed by atoms with Crippen LogP contribution < -0.4 is 10.6 Å². The van der Waals surface area contributed by atoms with Crippen molar-refractivity contribution in [1.82, 2.24) is 15.3 Å². The van der Waals surface area contributed by atoms with Crippen molar-refractivity contribution in [1.29, 1.82) is 0 Å². The normalized spacial score (nSPS) is 37.9. The third-order valence-corrected chi connectivity index (χ3v) is 8.78. The summed E-state index contributed by atoms with van der Waals surface area (Å²) in [4.78, 5) is 22.8. The lowest BCUT2D eigenvalue weighted by Gasteiger charge is -2.58. The van der Waals surface area contributed by atoms with E-state index in [2.05, 4.69) is 15.6 Å². The van der Waals surface area contributed by atoms with E-state index < -0.39 is 5.60 Å². The Bertz CT molecular complexity index is 816. The van der Waals surface area contributed by atoms with Gasteiger partial charge in [-0.2, -0.15) is 0 Å². The molecule has 6 saturated carbocycles. The molecule has 0 radical (unpaired) electrons. The second-order valence-electron chi connectivity index (χ2n) is 10.9.